The molecule has 2 atom stereocenters. The zero-order valence-corrected chi connectivity index (χ0v) is 13.3. The van der Waals surface area contributed by atoms with Gasteiger partial charge in [-0.1, -0.05) is 13.8 Å². The van der Waals surface area contributed by atoms with Gasteiger partial charge in [-0.2, -0.15) is 0 Å². The molecule has 0 amide bonds. The monoisotopic (exact) mass is 270 g/mol. The van der Waals surface area contributed by atoms with Crippen LogP contribution in [0.2, 0.25) is 0 Å². The second-order valence-corrected chi connectivity index (χ2v) is 6.46. The van der Waals surface area contributed by atoms with Gasteiger partial charge in [-0.05, 0) is 46.1 Å². The molecule has 1 rings (SSSR count). The van der Waals surface area contributed by atoms with E-state index in [4.69, 9.17) is 4.74 Å². The first-order chi connectivity index (χ1) is 8.80. The van der Waals surface area contributed by atoms with Gasteiger partial charge in [0.2, 0.25) is 0 Å². The van der Waals surface area contributed by atoms with Gasteiger partial charge in [0.25, 0.3) is 0 Å². The van der Waals surface area contributed by atoms with Crippen molar-refractivity contribution in [1.82, 2.24) is 10.2 Å². The van der Waals surface area contributed by atoms with Crippen molar-refractivity contribution in [3.63, 3.8) is 0 Å². The molecule has 1 fully saturated rings. The number of carbonyl (C=O) groups is 1. The molecule has 0 spiro atoms. The summed E-state index contributed by atoms with van der Waals surface area (Å²) in [6, 6.07) is 1.01. The summed E-state index contributed by atoms with van der Waals surface area (Å²) in [4.78, 5) is 14.3. The van der Waals surface area contributed by atoms with Crippen LogP contribution < -0.4 is 5.32 Å². The van der Waals surface area contributed by atoms with Gasteiger partial charge in [0.05, 0.1) is 7.11 Å². The van der Waals surface area contributed by atoms with Crippen molar-refractivity contribution in [2.24, 2.45) is 5.92 Å². The molecule has 0 bridgehead atoms. The Hall–Kier alpha value is -0.610. The minimum atomic E-state index is -0.555. The highest BCUT2D eigenvalue weighted by atomic mass is 16.5. The molecule has 0 saturated heterocycles. The minimum absolute atomic E-state index is 0.148. The molecule has 0 aliphatic heterocycles. The second kappa shape index (κ2) is 6.71. The molecule has 1 N–H and O–H groups in total. The maximum absolute atomic E-state index is 12.0. The molecule has 0 heterocycles. The number of rotatable bonds is 8. The molecule has 4 heteroatoms. The van der Waals surface area contributed by atoms with E-state index in [1.165, 1.54) is 20.0 Å². The number of esters is 1. The molecule has 19 heavy (non-hydrogen) atoms. The Kier molecular flexibility index (Phi) is 5.81. The molecule has 0 aromatic heterocycles. The van der Waals surface area contributed by atoms with Crippen molar-refractivity contribution in [1.29, 1.82) is 0 Å². The highest BCUT2D eigenvalue weighted by molar-refractivity contribution is 5.80. The number of nitrogens with one attached hydrogen (secondary N) is 1. The predicted octanol–water partition coefficient (Wildman–Crippen LogP) is 2.04. The summed E-state index contributed by atoms with van der Waals surface area (Å²) in [7, 11) is 3.59. The normalized spacial score (nSPS) is 20.4. The van der Waals surface area contributed by atoms with Crippen molar-refractivity contribution in [2.45, 2.75) is 64.6 Å². The van der Waals surface area contributed by atoms with Gasteiger partial charge in [0, 0.05) is 18.6 Å². The molecule has 0 aromatic rings. The van der Waals surface area contributed by atoms with E-state index < -0.39 is 5.54 Å². The molecule has 1 aliphatic rings. The smallest absolute Gasteiger partial charge is 0.325 e. The summed E-state index contributed by atoms with van der Waals surface area (Å²) in [6.45, 7) is 9.54. The standard InChI is InChI=1S/C15H30N2O2/c1-11(2)12(3)17(5)10-9-15(4,14(18)19-6)16-13-7-8-13/h11-13,16H,7-10H2,1-6H3. The fourth-order valence-corrected chi connectivity index (χ4v) is 2.25. The Bertz CT molecular complexity index is 303. The largest absolute Gasteiger partial charge is 0.468 e. The van der Waals surface area contributed by atoms with Crippen LogP contribution in [0.4, 0.5) is 0 Å². The molecule has 4 nitrogen and oxygen atoms in total. The average molecular weight is 270 g/mol. The molecule has 1 aliphatic carbocycles. The van der Waals surface area contributed by atoms with E-state index in [1.807, 2.05) is 6.92 Å². The number of methoxy groups -OCH3 is 1. The number of hydrogen-bond donors (Lipinski definition) is 1. The molecule has 0 radical (unpaired) electrons. The SMILES string of the molecule is COC(=O)C(C)(CCN(C)C(C)C(C)C)NC1CC1. The van der Waals surface area contributed by atoms with Crippen molar-refractivity contribution in [2.75, 3.05) is 20.7 Å². The van der Waals surface area contributed by atoms with Crippen LogP contribution in [0.1, 0.15) is 47.0 Å². The van der Waals surface area contributed by atoms with Crippen molar-refractivity contribution in [3.8, 4) is 0 Å². The van der Waals surface area contributed by atoms with Gasteiger partial charge in [0.1, 0.15) is 5.54 Å². The average Bonchev–Trinajstić information content (AvgIpc) is 3.17. The van der Waals surface area contributed by atoms with Gasteiger partial charge in [-0.25, -0.2) is 0 Å². The highest BCUT2D eigenvalue weighted by Crippen LogP contribution is 2.25. The predicted molar refractivity (Wildman–Crippen MR) is 78.1 cm³/mol. The van der Waals surface area contributed by atoms with Crippen LogP contribution in [-0.4, -0.2) is 49.2 Å². The van der Waals surface area contributed by atoms with E-state index in [2.05, 4.69) is 38.0 Å². The molecule has 1 saturated carbocycles. The maximum Gasteiger partial charge on any atom is 0.325 e. The van der Waals surface area contributed by atoms with E-state index >= 15 is 0 Å². The lowest BCUT2D eigenvalue weighted by molar-refractivity contribution is -0.148. The van der Waals surface area contributed by atoms with E-state index in [0.717, 1.165) is 13.0 Å². The summed E-state index contributed by atoms with van der Waals surface area (Å²) in [5.41, 5.74) is -0.555. The quantitative estimate of drug-likeness (QED) is 0.685. The zero-order valence-electron chi connectivity index (χ0n) is 13.3. The number of ether oxygens (including phenoxy) is 1. The van der Waals surface area contributed by atoms with Gasteiger partial charge in [-0.15, -0.1) is 0 Å². The first kappa shape index (κ1) is 16.4. The van der Waals surface area contributed by atoms with Crippen molar-refractivity contribution < 1.29 is 9.53 Å². The van der Waals surface area contributed by atoms with Crippen LogP contribution >= 0.6 is 0 Å². The minimum Gasteiger partial charge on any atom is -0.468 e. The lowest BCUT2D eigenvalue weighted by atomic mass is 9.96. The second-order valence-electron chi connectivity index (χ2n) is 6.46. The lowest BCUT2D eigenvalue weighted by Crippen LogP contribution is -2.53. The third kappa shape index (κ3) is 4.77. The summed E-state index contributed by atoms with van der Waals surface area (Å²) >= 11 is 0. The third-order valence-corrected chi connectivity index (χ3v) is 4.36. The first-order valence-corrected chi connectivity index (χ1v) is 7.36. The summed E-state index contributed by atoms with van der Waals surface area (Å²) in [5.74, 6) is 0.468. The number of hydrogen-bond acceptors (Lipinski definition) is 4. The number of nitrogens with zero attached hydrogens (tertiary/aromatic N) is 1. The zero-order chi connectivity index (χ0) is 14.6. The van der Waals surface area contributed by atoms with E-state index in [1.54, 1.807) is 0 Å². The van der Waals surface area contributed by atoms with Crippen LogP contribution in [0.5, 0.6) is 0 Å². The van der Waals surface area contributed by atoms with Gasteiger partial charge >= 0.3 is 5.97 Å². The molecular formula is C15H30N2O2. The van der Waals surface area contributed by atoms with Crippen molar-refractivity contribution >= 4 is 5.97 Å². The fourth-order valence-electron chi connectivity index (χ4n) is 2.25. The maximum atomic E-state index is 12.0. The Morgan fingerprint density at radius 2 is 2.00 bits per heavy atom. The topological polar surface area (TPSA) is 41.6 Å². The Balaban J connectivity index is 2.54. The first-order valence-electron chi connectivity index (χ1n) is 7.36. The molecular weight excluding hydrogens is 240 g/mol. The van der Waals surface area contributed by atoms with Crippen molar-refractivity contribution in [3.05, 3.63) is 0 Å². The summed E-state index contributed by atoms with van der Waals surface area (Å²) in [5, 5.41) is 3.44. The van der Waals surface area contributed by atoms with Crippen LogP contribution in [0.25, 0.3) is 0 Å². The third-order valence-electron chi connectivity index (χ3n) is 4.36. The van der Waals surface area contributed by atoms with Crippen LogP contribution in [-0.2, 0) is 9.53 Å². The van der Waals surface area contributed by atoms with Gasteiger partial charge < -0.3 is 9.64 Å². The highest BCUT2D eigenvalue weighted by Gasteiger charge is 2.39. The Morgan fingerprint density at radius 3 is 2.42 bits per heavy atom. The van der Waals surface area contributed by atoms with Gasteiger partial charge in [-0.3, -0.25) is 10.1 Å². The van der Waals surface area contributed by atoms with E-state index in [0.29, 0.717) is 18.0 Å². The summed E-state index contributed by atoms with van der Waals surface area (Å²) in [6.07, 6.45) is 3.12. The van der Waals surface area contributed by atoms with E-state index in [-0.39, 0.29) is 5.97 Å². The molecule has 0 aromatic carbocycles. The molecule has 2 unspecified atom stereocenters. The van der Waals surface area contributed by atoms with E-state index in [9.17, 15) is 4.79 Å². The number of carbonyl (C=O) groups excluding carboxylic acids is 1. The van der Waals surface area contributed by atoms with Crippen LogP contribution in [0, 0.1) is 5.92 Å². The van der Waals surface area contributed by atoms with Crippen LogP contribution in [0.15, 0.2) is 0 Å². The molecule has 112 valence electrons. The van der Waals surface area contributed by atoms with Gasteiger partial charge in [0.15, 0.2) is 0 Å². The fraction of sp³-hybridized carbons (Fsp3) is 0.933. The Morgan fingerprint density at radius 1 is 1.42 bits per heavy atom. The lowest BCUT2D eigenvalue weighted by Gasteiger charge is -2.33. The van der Waals surface area contributed by atoms with Crippen LogP contribution in [0.3, 0.4) is 0 Å². The summed E-state index contributed by atoms with van der Waals surface area (Å²) < 4.78 is 4.96. The Labute approximate surface area is 117 Å².